The third-order valence-electron chi connectivity index (χ3n) is 1.96. The maximum atomic E-state index is 5.88. The van der Waals surface area contributed by atoms with E-state index in [0.29, 0.717) is 0 Å². The number of hydrogen-bond donors (Lipinski definition) is 2. The molecule has 0 saturated heterocycles. The van der Waals surface area contributed by atoms with Crippen LogP contribution in [0.3, 0.4) is 0 Å². The van der Waals surface area contributed by atoms with Crippen molar-refractivity contribution in [1.82, 2.24) is 10.3 Å². The molecule has 14 heavy (non-hydrogen) atoms. The number of nitrogens with two attached hydrogens (primary N) is 1. The summed E-state index contributed by atoms with van der Waals surface area (Å²) in [5, 5.41) is 3.38. The first-order chi connectivity index (χ1) is 6.58. The molecule has 0 saturated carbocycles. The molecule has 0 aliphatic rings. The average molecular weight is 213 g/mol. The predicted octanol–water partition coefficient (Wildman–Crippen LogP) is 1.75. The van der Waals surface area contributed by atoms with Gasteiger partial charge in [0.25, 0.3) is 0 Å². The normalized spacial score (nSPS) is 11.9. The van der Waals surface area contributed by atoms with Gasteiger partial charge in [0.05, 0.1) is 5.51 Å². The van der Waals surface area contributed by atoms with Gasteiger partial charge in [0.15, 0.2) is 0 Å². The van der Waals surface area contributed by atoms with Crippen molar-refractivity contribution in [2.45, 2.75) is 38.8 Å². The van der Waals surface area contributed by atoms with E-state index in [1.54, 1.807) is 11.3 Å². The Morgan fingerprint density at radius 1 is 1.57 bits per heavy atom. The maximum Gasteiger partial charge on any atom is 0.0794 e. The van der Waals surface area contributed by atoms with Crippen LogP contribution in [0.25, 0.3) is 0 Å². The van der Waals surface area contributed by atoms with Crippen molar-refractivity contribution < 1.29 is 0 Å². The zero-order valence-corrected chi connectivity index (χ0v) is 9.73. The van der Waals surface area contributed by atoms with Crippen molar-refractivity contribution >= 4 is 11.3 Å². The van der Waals surface area contributed by atoms with Gasteiger partial charge in [0.2, 0.25) is 0 Å². The number of nitrogens with one attached hydrogen (secondary N) is 1. The molecule has 4 heteroatoms. The highest BCUT2D eigenvalue weighted by molar-refractivity contribution is 7.09. The third kappa shape index (κ3) is 5.32. The van der Waals surface area contributed by atoms with Gasteiger partial charge in [-0.2, -0.15) is 0 Å². The van der Waals surface area contributed by atoms with Crippen molar-refractivity contribution in [3.63, 3.8) is 0 Å². The van der Waals surface area contributed by atoms with Crippen LogP contribution in [-0.2, 0) is 6.54 Å². The monoisotopic (exact) mass is 213 g/mol. The molecule has 1 aromatic rings. The third-order valence-corrected chi connectivity index (χ3v) is 2.74. The first-order valence-corrected chi connectivity index (χ1v) is 5.83. The van der Waals surface area contributed by atoms with Gasteiger partial charge >= 0.3 is 0 Å². The fourth-order valence-electron chi connectivity index (χ4n) is 1.21. The minimum absolute atomic E-state index is 0.0355. The lowest BCUT2D eigenvalue weighted by molar-refractivity contribution is 0.448. The number of aromatic nitrogens is 1. The Balaban J connectivity index is 2.00. The highest BCUT2D eigenvalue weighted by atomic mass is 32.1. The van der Waals surface area contributed by atoms with E-state index < -0.39 is 0 Å². The summed E-state index contributed by atoms with van der Waals surface area (Å²) < 4.78 is 0. The van der Waals surface area contributed by atoms with E-state index in [0.717, 1.165) is 25.9 Å². The summed E-state index contributed by atoms with van der Waals surface area (Å²) in [6.07, 6.45) is 4.09. The predicted molar refractivity (Wildman–Crippen MR) is 61.3 cm³/mol. The molecule has 0 bridgehead atoms. The van der Waals surface area contributed by atoms with Crippen molar-refractivity contribution in [3.05, 3.63) is 16.6 Å². The Kier molecular flexibility index (Phi) is 4.51. The van der Waals surface area contributed by atoms with E-state index in [1.807, 2.05) is 11.7 Å². The zero-order chi connectivity index (χ0) is 10.4. The lowest BCUT2D eigenvalue weighted by Gasteiger charge is -2.17. The van der Waals surface area contributed by atoms with E-state index >= 15 is 0 Å². The SMILES string of the molecule is CC(C)(N)CCCNCc1cncs1. The van der Waals surface area contributed by atoms with Gasteiger partial charge in [-0.3, -0.25) is 4.98 Å². The molecule has 0 fully saturated rings. The quantitative estimate of drug-likeness (QED) is 0.708. The minimum Gasteiger partial charge on any atom is -0.326 e. The molecule has 0 aromatic carbocycles. The molecule has 0 atom stereocenters. The highest BCUT2D eigenvalue weighted by Crippen LogP contribution is 2.07. The van der Waals surface area contributed by atoms with Crippen molar-refractivity contribution in [2.24, 2.45) is 5.73 Å². The summed E-state index contributed by atoms with van der Waals surface area (Å²) in [6.45, 7) is 6.08. The van der Waals surface area contributed by atoms with Crippen LogP contribution in [0.5, 0.6) is 0 Å². The zero-order valence-electron chi connectivity index (χ0n) is 8.92. The Bertz CT molecular complexity index is 238. The molecule has 0 aliphatic carbocycles. The van der Waals surface area contributed by atoms with E-state index in [-0.39, 0.29) is 5.54 Å². The summed E-state index contributed by atoms with van der Waals surface area (Å²) in [5.41, 5.74) is 7.70. The lowest BCUT2D eigenvalue weighted by Crippen LogP contribution is -2.32. The standard InChI is InChI=1S/C10H19N3S/c1-10(2,11)4-3-5-12-6-9-7-13-8-14-9/h7-8,12H,3-6,11H2,1-2H3. The van der Waals surface area contributed by atoms with Crippen LogP contribution >= 0.6 is 11.3 Å². The van der Waals surface area contributed by atoms with Gasteiger partial charge in [-0.05, 0) is 33.2 Å². The number of rotatable bonds is 6. The average Bonchev–Trinajstić information content (AvgIpc) is 2.54. The van der Waals surface area contributed by atoms with Gasteiger partial charge in [-0.25, -0.2) is 0 Å². The van der Waals surface area contributed by atoms with Crippen LogP contribution in [0.1, 0.15) is 31.6 Å². The van der Waals surface area contributed by atoms with E-state index in [9.17, 15) is 0 Å². The van der Waals surface area contributed by atoms with Crippen LogP contribution in [0.2, 0.25) is 0 Å². The number of nitrogens with zero attached hydrogens (tertiary/aromatic N) is 1. The number of thiazole rings is 1. The molecule has 0 amide bonds. The fourth-order valence-corrected chi connectivity index (χ4v) is 1.77. The van der Waals surface area contributed by atoms with Gasteiger partial charge in [0.1, 0.15) is 0 Å². The molecule has 80 valence electrons. The molecule has 0 unspecified atom stereocenters. The second kappa shape index (κ2) is 5.44. The van der Waals surface area contributed by atoms with Crippen molar-refractivity contribution in [1.29, 1.82) is 0 Å². The number of hydrogen-bond acceptors (Lipinski definition) is 4. The van der Waals surface area contributed by atoms with Gasteiger partial charge in [-0.1, -0.05) is 0 Å². The van der Waals surface area contributed by atoms with Crippen LogP contribution in [-0.4, -0.2) is 17.1 Å². The van der Waals surface area contributed by atoms with E-state index in [2.05, 4.69) is 24.1 Å². The molecule has 0 aliphatic heterocycles. The molecule has 0 spiro atoms. The summed E-state index contributed by atoms with van der Waals surface area (Å²) in [4.78, 5) is 5.31. The summed E-state index contributed by atoms with van der Waals surface area (Å²) >= 11 is 1.69. The molecule has 1 heterocycles. The van der Waals surface area contributed by atoms with Gasteiger partial charge in [-0.15, -0.1) is 11.3 Å². The maximum absolute atomic E-state index is 5.88. The summed E-state index contributed by atoms with van der Waals surface area (Å²) in [5.74, 6) is 0. The molecular formula is C10H19N3S. The Morgan fingerprint density at radius 2 is 2.36 bits per heavy atom. The second-order valence-corrected chi connectivity index (χ2v) is 5.21. The molecule has 1 aromatic heterocycles. The van der Waals surface area contributed by atoms with Crippen LogP contribution in [0.15, 0.2) is 11.7 Å². The van der Waals surface area contributed by atoms with Gasteiger partial charge in [0, 0.05) is 23.2 Å². The largest absolute Gasteiger partial charge is 0.326 e. The topological polar surface area (TPSA) is 50.9 Å². The summed E-state index contributed by atoms with van der Waals surface area (Å²) in [7, 11) is 0. The molecule has 1 rings (SSSR count). The van der Waals surface area contributed by atoms with Crippen LogP contribution in [0, 0.1) is 0 Å². The van der Waals surface area contributed by atoms with Gasteiger partial charge < -0.3 is 11.1 Å². The smallest absolute Gasteiger partial charge is 0.0794 e. The highest BCUT2D eigenvalue weighted by Gasteiger charge is 2.08. The molecule has 3 nitrogen and oxygen atoms in total. The molecule has 0 radical (unpaired) electrons. The Labute approximate surface area is 89.7 Å². The van der Waals surface area contributed by atoms with E-state index in [1.165, 1.54) is 4.88 Å². The first-order valence-electron chi connectivity index (χ1n) is 4.95. The minimum atomic E-state index is -0.0355. The molecular weight excluding hydrogens is 194 g/mol. The van der Waals surface area contributed by atoms with Crippen LogP contribution < -0.4 is 11.1 Å². The fraction of sp³-hybridized carbons (Fsp3) is 0.700. The van der Waals surface area contributed by atoms with Crippen LogP contribution in [0.4, 0.5) is 0 Å². The van der Waals surface area contributed by atoms with E-state index in [4.69, 9.17) is 5.73 Å². The first kappa shape index (κ1) is 11.6. The second-order valence-electron chi connectivity index (χ2n) is 4.24. The Hall–Kier alpha value is -0.450. The van der Waals surface area contributed by atoms with Crippen molar-refractivity contribution in [2.75, 3.05) is 6.54 Å². The Morgan fingerprint density at radius 3 is 2.93 bits per heavy atom. The lowest BCUT2D eigenvalue weighted by atomic mass is 10.0. The molecule has 3 N–H and O–H groups in total. The van der Waals surface area contributed by atoms with Crippen molar-refractivity contribution in [3.8, 4) is 0 Å². The summed E-state index contributed by atoms with van der Waals surface area (Å²) in [6, 6.07) is 0.